The van der Waals surface area contributed by atoms with Crippen molar-refractivity contribution < 1.29 is 111 Å². The van der Waals surface area contributed by atoms with Gasteiger partial charge in [0.15, 0.2) is 11.6 Å². The molecule has 5 rings (SSSR count). The highest BCUT2D eigenvalue weighted by Crippen LogP contribution is 2.25. The van der Waals surface area contributed by atoms with Crippen molar-refractivity contribution in [1.82, 2.24) is 74.1 Å². The van der Waals surface area contributed by atoms with E-state index in [0.29, 0.717) is 48.6 Å². The average Bonchev–Trinajstić information content (AvgIpc) is 1.29. The number of carbonyl (C=O) groups is 17. The van der Waals surface area contributed by atoms with Crippen LogP contribution in [0.1, 0.15) is 203 Å². The van der Waals surface area contributed by atoms with Crippen molar-refractivity contribution in [3.05, 3.63) is 113 Å². The Labute approximate surface area is 743 Å². The van der Waals surface area contributed by atoms with Gasteiger partial charge in [0.25, 0.3) is 0 Å². The average molecular weight is 1800 g/mol. The first-order valence-corrected chi connectivity index (χ1v) is 42.7. The molecule has 0 bridgehead atoms. The number of carbonyl (C=O) groups excluding carboxylic acids is 16. The summed E-state index contributed by atoms with van der Waals surface area (Å²) in [5, 5.41) is 76.1. The van der Waals surface area contributed by atoms with Gasteiger partial charge < -0.3 is 106 Å². The minimum Gasteiger partial charge on any atom is -0.508 e. The molecule has 0 saturated heterocycles. The van der Waals surface area contributed by atoms with Crippen LogP contribution in [0.4, 0.5) is 8.78 Å². The summed E-state index contributed by atoms with van der Waals surface area (Å²) < 4.78 is 29.6. The summed E-state index contributed by atoms with van der Waals surface area (Å²) in [6.45, 7) is 14.5. The maximum absolute atomic E-state index is 15.5. The first-order valence-electron chi connectivity index (χ1n) is 42.7. The number of fused-ring (bicyclic) bond motifs is 1. The second-order valence-corrected chi connectivity index (χ2v) is 33.8. The molecule has 15 atom stereocenters. The van der Waals surface area contributed by atoms with E-state index in [9.17, 15) is 77.6 Å². The van der Waals surface area contributed by atoms with E-state index in [2.05, 4.69) is 74.1 Å². The lowest BCUT2D eigenvalue weighted by molar-refractivity contribution is -0.140. The number of Topliss-reactive ketones (excluding diaryl/α,β-unsaturated/α-hetero) is 2. The molecule has 22 N–H and O–H groups in total. The molecule has 0 fully saturated rings. The number of phenolic OH excluding ortho intramolecular Hbond substituents is 1. The summed E-state index contributed by atoms with van der Waals surface area (Å²) >= 11 is 0. The van der Waals surface area contributed by atoms with Crippen LogP contribution in [0, 0.1) is 29.4 Å². The summed E-state index contributed by atoms with van der Waals surface area (Å²) in [5.41, 5.74) is 7.97. The molecule has 4 aromatic rings. The maximum Gasteiger partial charge on any atom is 0.303 e. The molecule has 1 aliphatic heterocycles. The Morgan fingerprint density at radius 1 is 0.586 bits per heavy atom. The highest BCUT2D eigenvalue weighted by molar-refractivity contribution is 6.41. The number of nitrogens with two attached hydrogens (primary N) is 2. The zero-order valence-electron chi connectivity index (χ0n) is 73.7. The first-order chi connectivity index (χ1) is 59.7. The number of hydrogen-bond donors (Lipinski definition) is 20. The number of benzene rings is 3. The van der Waals surface area contributed by atoms with E-state index in [1.54, 1.807) is 50.4 Å². The maximum atomic E-state index is 15.5. The number of nitrogens with one attached hydrogen (secondary N) is 14. The lowest BCUT2D eigenvalue weighted by atomic mass is 9.90. The van der Waals surface area contributed by atoms with Crippen molar-refractivity contribution in [3.8, 4) is 5.75 Å². The smallest absolute Gasteiger partial charge is 0.303 e. The van der Waals surface area contributed by atoms with Crippen LogP contribution in [0.3, 0.4) is 0 Å². The Bertz CT molecular complexity index is 4560. The summed E-state index contributed by atoms with van der Waals surface area (Å²) in [4.78, 5) is 243. The molecule has 0 radical (unpaired) electrons. The number of phenols is 1. The number of carboxylic acid groups (broad SMARTS) is 1. The molecule has 0 saturated carbocycles. The van der Waals surface area contributed by atoms with Crippen molar-refractivity contribution >= 4 is 111 Å². The number of amides is 14. The Morgan fingerprint density at radius 2 is 1.19 bits per heavy atom. The van der Waals surface area contributed by atoms with Gasteiger partial charge in [-0.25, -0.2) is 8.78 Å². The molecule has 1 aromatic heterocycles. The number of halogens is 2. The molecule has 2 heterocycles. The van der Waals surface area contributed by atoms with Gasteiger partial charge in [-0.15, -0.1) is 0 Å². The van der Waals surface area contributed by atoms with Gasteiger partial charge in [-0.3, -0.25) is 81.5 Å². The topological polar surface area (TPSA) is 595 Å². The summed E-state index contributed by atoms with van der Waals surface area (Å²) in [6.07, 6.45) is 1.90. The summed E-state index contributed by atoms with van der Waals surface area (Å²) in [6, 6.07) is -3.15. The zero-order valence-corrected chi connectivity index (χ0v) is 73.7. The lowest BCUT2D eigenvalue weighted by Crippen LogP contribution is -2.65. The number of H-pyrrole nitrogens is 1. The molecule has 706 valence electrons. The molecular weight excluding hydrogens is 1670 g/mol. The van der Waals surface area contributed by atoms with E-state index in [1.165, 1.54) is 58.9 Å². The molecule has 14 amide bonds. The largest absolute Gasteiger partial charge is 0.508 e. The predicted molar refractivity (Wildman–Crippen MR) is 468 cm³/mol. The van der Waals surface area contributed by atoms with E-state index in [4.69, 9.17) is 11.5 Å². The summed E-state index contributed by atoms with van der Waals surface area (Å²) in [7, 11) is 0. The van der Waals surface area contributed by atoms with E-state index in [-0.39, 0.29) is 94.1 Å². The highest BCUT2D eigenvalue weighted by atomic mass is 19.2. The van der Waals surface area contributed by atoms with Crippen molar-refractivity contribution in [1.29, 1.82) is 0 Å². The number of aromatic nitrogens is 1. The minimum atomic E-state index is -2.21. The van der Waals surface area contributed by atoms with Gasteiger partial charge in [-0.1, -0.05) is 109 Å². The Hall–Kier alpha value is -12.1. The Balaban J connectivity index is 0.0000343. The molecule has 1 aliphatic rings. The highest BCUT2D eigenvalue weighted by Gasteiger charge is 2.44. The molecule has 37 nitrogen and oxygen atoms in total. The van der Waals surface area contributed by atoms with Crippen LogP contribution in [-0.2, 0) is 101 Å². The number of hydrogen-bond acceptors (Lipinski definition) is 21. The standard InChI is InChI=1S/C88H126F2N16O21.CH4/c1-47(2)25-29-56-44-94-63(33-35-70(91)111)74(115)73(114)49(5)95-79(120)68(43-57-45-93-62-24-20-19-23-59(57)62)100-80(121)66(41-54-26-30-58(110)31-27-54)99-78(119)64(34-36-71(112)113)102-85(126)88(11,106-83(124)67(42-55-28-32-60(89)61(90)40-55)101-84(125)72(52(8)108)104-81(122)65(39-48(3)4)98-53(9)109)38-22-18-16-14-12-13-15-17-21-37-87(10,105-77(56)118)86(127)103-69(46-107)82(123)97-51(7)76(117)96-50(6)75(92)116;/h13,15,19-20,23-24,26-28,30-32,40,45,47-52,56,63-69,72,93-94,107-108,110H,12,14,16-18,21-22,25,29,33-39,41-44,46H2,1-11H3,(H2,91,111)(H2,92,116)(H,95,120)(H,96,117)(H,97,123)(H,98,109)(H,99,119)(H,100,121)(H,101,125)(H,102,126)(H,103,127)(H,104,122)(H,105,118)(H,106,124)(H,112,113);1H4/b15-13+;/t49?,50?,51-,52+,56+,63-,64-,65-,66?,67-,68-,69?,72-,87-,88+;/m0./s1. The Kier molecular flexibility index (Phi) is 44.2. The van der Waals surface area contributed by atoms with Crippen LogP contribution in [0.5, 0.6) is 5.75 Å². The number of allylic oxidation sites excluding steroid dienone is 2. The van der Waals surface area contributed by atoms with Gasteiger partial charge in [0.2, 0.25) is 94.3 Å². The lowest BCUT2D eigenvalue weighted by Gasteiger charge is -2.34. The van der Waals surface area contributed by atoms with Gasteiger partial charge in [0.1, 0.15) is 71.2 Å². The third-order valence-corrected chi connectivity index (χ3v) is 21.7. The number of carboxylic acids is 1. The molecular formula is C89H130F2N16O21. The van der Waals surface area contributed by atoms with Crippen molar-refractivity contribution in [3.63, 3.8) is 0 Å². The monoisotopic (exact) mass is 1800 g/mol. The Morgan fingerprint density at radius 3 is 1.80 bits per heavy atom. The van der Waals surface area contributed by atoms with Crippen LogP contribution in [-0.4, -0.2) is 222 Å². The van der Waals surface area contributed by atoms with E-state index < -0.39 is 247 Å². The van der Waals surface area contributed by atoms with Gasteiger partial charge in [0, 0.05) is 62.7 Å². The van der Waals surface area contributed by atoms with Crippen LogP contribution < -0.4 is 80.6 Å². The minimum absolute atomic E-state index is 0. The predicted octanol–water partition coefficient (Wildman–Crippen LogP) is 1.76. The number of aliphatic hydroxyl groups excluding tert-OH is 2. The van der Waals surface area contributed by atoms with Gasteiger partial charge in [-0.05, 0) is 165 Å². The fourth-order valence-electron chi connectivity index (χ4n) is 14.1. The van der Waals surface area contributed by atoms with E-state index >= 15 is 33.2 Å². The third kappa shape index (κ3) is 35.2. The van der Waals surface area contributed by atoms with E-state index in [1.807, 2.05) is 19.9 Å². The number of ketones is 2. The van der Waals surface area contributed by atoms with Crippen molar-refractivity contribution in [2.75, 3.05) is 13.2 Å². The van der Waals surface area contributed by atoms with Crippen molar-refractivity contribution in [2.45, 2.75) is 289 Å². The fraction of sp³-hybridized carbons (Fsp3) is 0.562. The number of aliphatic hydroxyl groups is 2. The number of rotatable bonds is 33. The van der Waals surface area contributed by atoms with Gasteiger partial charge in [-0.2, -0.15) is 0 Å². The number of primary amides is 2. The SMILES string of the molecule is C.CC(=O)N[C@@H](CC(C)C)C(=O)N[C@H](C(=O)N[C@@H](Cc1ccc(F)c(F)c1)C(=O)N[C@]1(C)CCCCCC/C=C/CCC[C@@](C)(C(=O)NC(CO)C(=O)N[C@@H](C)C(=O)NC(C)C(N)=O)NC(=O)[C@H](CCC(C)C)CN[C@@H](CCC(N)=O)C(=O)C(=O)C(C)NC(=O)[C@H](Cc2c[nH]c3ccccc23)NC(=O)C(Cc2ccc(O)cc2)NC(=O)[C@H](CCC(=O)O)NC1=O)[C@@H](C)O. The molecule has 3 aromatic carbocycles. The quantitative estimate of drug-likeness (QED) is 0.0239. The van der Waals surface area contributed by atoms with Gasteiger partial charge in [0.05, 0.1) is 30.7 Å². The number of aromatic hydroxyl groups is 1. The molecule has 128 heavy (non-hydrogen) atoms. The molecule has 4 unspecified atom stereocenters. The van der Waals surface area contributed by atoms with E-state index in [0.717, 1.165) is 32.0 Å². The summed E-state index contributed by atoms with van der Waals surface area (Å²) in [5.74, 6) is -22.0. The normalized spacial score (nSPS) is 22.1. The second-order valence-electron chi connectivity index (χ2n) is 33.8. The third-order valence-electron chi connectivity index (χ3n) is 21.7. The van der Waals surface area contributed by atoms with Crippen LogP contribution >= 0.6 is 0 Å². The molecule has 39 heteroatoms. The number of aromatic amines is 1. The second kappa shape index (κ2) is 52.2. The first kappa shape index (κ1) is 108. The number of para-hydroxylation sites is 1. The fourth-order valence-corrected chi connectivity index (χ4v) is 14.1. The molecule has 0 spiro atoms. The molecule has 0 aliphatic carbocycles. The number of aliphatic carboxylic acids is 1. The van der Waals surface area contributed by atoms with Crippen molar-refractivity contribution in [2.24, 2.45) is 29.2 Å². The van der Waals surface area contributed by atoms with Crippen LogP contribution in [0.15, 0.2) is 85.1 Å². The zero-order chi connectivity index (χ0) is 94.7. The van der Waals surface area contributed by atoms with Crippen LogP contribution in [0.25, 0.3) is 10.9 Å². The van der Waals surface area contributed by atoms with Gasteiger partial charge >= 0.3 is 5.97 Å². The van der Waals surface area contributed by atoms with Crippen LogP contribution in [0.2, 0.25) is 0 Å².